The van der Waals surface area contributed by atoms with Gasteiger partial charge in [0.25, 0.3) is 10.1 Å². The first-order valence-corrected chi connectivity index (χ1v) is 18.4. The molecule has 0 saturated heterocycles. The summed E-state index contributed by atoms with van der Waals surface area (Å²) in [6.45, 7) is 4.53. The Kier molecular flexibility index (Phi) is 18.6. The van der Waals surface area contributed by atoms with Crippen molar-refractivity contribution in [2.24, 2.45) is 0 Å². The summed E-state index contributed by atoms with van der Waals surface area (Å²) < 4.78 is 34.7. The SMILES string of the molecule is CCCCCCCCCCCCCc1cc2cccc(CCCCCCCCCCCCC)c2cc1S(=O)(=O)O. The molecule has 0 aliphatic heterocycles. The number of hydrogen-bond donors (Lipinski definition) is 1. The number of unbranched alkanes of at least 4 members (excludes halogenated alkanes) is 20. The molecule has 40 heavy (non-hydrogen) atoms. The van der Waals surface area contributed by atoms with Crippen LogP contribution in [0.3, 0.4) is 0 Å². The monoisotopic (exact) mass is 572 g/mol. The van der Waals surface area contributed by atoms with Gasteiger partial charge in [0, 0.05) is 0 Å². The minimum Gasteiger partial charge on any atom is -0.282 e. The van der Waals surface area contributed by atoms with Crippen molar-refractivity contribution >= 4 is 20.9 Å². The largest absolute Gasteiger partial charge is 0.294 e. The fourth-order valence-corrected chi connectivity index (χ4v) is 6.79. The van der Waals surface area contributed by atoms with E-state index < -0.39 is 10.1 Å². The third-order valence-corrected chi connectivity index (χ3v) is 9.46. The van der Waals surface area contributed by atoms with E-state index in [-0.39, 0.29) is 4.90 Å². The van der Waals surface area contributed by atoms with Crippen LogP contribution < -0.4 is 0 Å². The van der Waals surface area contributed by atoms with E-state index in [4.69, 9.17) is 0 Å². The Hall–Kier alpha value is -1.39. The van der Waals surface area contributed by atoms with Gasteiger partial charge in [-0.1, -0.05) is 160 Å². The molecule has 0 saturated carbocycles. The smallest absolute Gasteiger partial charge is 0.282 e. The number of fused-ring (bicyclic) bond motifs is 1. The molecular weight excluding hydrogens is 512 g/mol. The van der Waals surface area contributed by atoms with Gasteiger partial charge >= 0.3 is 0 Å². The first-order valence-electron chi connectivity index (χ1n) is 17.0. The molecule has 0 aromatic heterocycles. The molecule has 1 N–H and O–H groups in total. The molecule has 4 heteroatoms. The molecule has 0 unspecified atom stereocenters. The molecule has 0 aliphatic rings. The van der Waals surface area contributed by atoms with E-state index >= 15 is 0 Å². The van der Waals surface area contributed by atoms with Crippen molar-refractivity contribution in [3.05, 3.63) is 41.5 Å². The van der Waals surface area contributed by atoms with Crippen LogP contribution in [0.2, 0.25) is 0 Å². The molecule has 0 fully saturated rings. The van der Waals surface area contributed by atoms with E-state index in [0.717, 1.165) is 42.0 Å². The van der Waals surface area contributed by atoms with Crippen molar-refractivity contribution in [2.75, 3.05) is 0 Å². The Morgan fingerprint density at radius 3 is 1.35 bits per heavy atom. The maximum Gasteiger partial charge on any atom is 0.294 e. The van der Waals surface area contributed by atoms with E-state index in [2.05, 4.69) is 32.0 Å². The Bertz CT molecular complexity index is 1030. The highest BCUT2D eigenvalue weighted by Crippen LogP contribution is 2.29. The molecule has 2 aromatic rings. The molecule has 0 atom stereocenters. The molecular formula is C36H60O3S. The number of benzene rings is 2. The molecule has 0 aliphatic carbocycles. The van der Waals surface area contributed by atoms with Crippen LogP contribution in [-0.2, 0) is 23.0 Å². The Morgan fingerprint density at radius 1 is 0.525 bits per heavy atom. The molecule has 2 rings (SSSR count). The molecule has 0 spiro atoms. The molecule has 0 bridgehead atoms. The normalized spacial score (nSPS) is 12.0. The van der Waals surface area contributed by atoms with Crippen LogP contribution in [0, 0.1) is 0 Å². The highest BCUT2D eigenvalue weighted by molar-refractivity contribution is 7.85. The lowest BCUT2D eigenvalue weighted by Crippen LogP contribution is -2.04. The van der Waals surface area contributed by atoms with Crippen molar-refractivity contribution in [3.8, 4) is 0 Å². The summed E-state index contributed by atoms with van der Waals surface area (Å²) >= 11 is 0. The Labute approximate surface area is 247 Å². The van der Waals surface area contributed by atoms with Gasteiger partial charge in [0.1, 0.15) is 0 Å². The fourth-order valence-electron chi connectivity index (χ4n) is 6.03. The zero-order valence-corrected chi connectivity index (χ0v) is 26.8. The van der Waals surface area contributed by atoms with Gasteiger partial charge in [-0.3, -0.25) is 4.55 Å². The molecule has 0 amide bonds. The van der Waals surface area contributed by atoms with Crippen LogP contribution in [0.5, 0.6) is 0 Å². The molecule has 0 heterocycles. The predicted molar refractivity (Wildman–Crippen MR) is 174 cm³/mol. The molecule has 228 valence electrons. The fraction of sp³-hybridized carbons (Fsp3) is 0.722. The highest BCUT2D eigenvalue weighted by Gasteiger charge is 2.17. The van der Waals surface area contributed by atoms with Gasteiger partial charge in [-0.2, -0.15) is 8.42 Å². The van der Waals surface area contributed by atoms with Gasteiger partial charge in [0.2, 0.25) is 0 Å². The molecule has 2 aromatic carbocycles. The molecule has 0 radical (unpaired) electrons. The van der Waals surface area contributed by atoms with E-state index in [1.165, 1.54) is 128 Å². The summed E-state index contributed by atoms with van der Waals surface area (Å²) in [5, 5.41) is 2.07. The first-order chi connectivity index (χ1) is 19.5. The summed E-state index contributed by atoms with van der Waals surface area (Å²) in [5.41, 5.74) is 1.96. The average Bonchev–Trinajstić information content (AvgIpc) is 2.93. The van der Waals surface area contributed by atoms with Crippen molar-refractivity contribution in [1.82, 2.24) is 0 Å². The summed E-state index contributed by atoms with van der Waals surface area (Å²) in [7, 11) is -4.25. The van der Waals surface area contributed by atoms with Crippen molar-refractivity contribution in [1.29, 1.82) is 0 Å². The predicted octanol–water partition coefficient (Wildman–Crippen LogP) is 11.8. The van der Waals surface area contributed by atoms with Crippen LogP contribution in [-0.4, -0.2) is 13.0 Å². The second-order valence-corrected chi connectivity index (χ2v) is 13.5. The lowest BCUT2D eigenvalue weighted by atomic mass is 9.96. The van der Waals surface area contributed by atoms with Gasteiger partial charge < -0.3 is 0 Å². The highest BCUT2D eigenvalue weighted by atomic mass is 32.2. The third kappa shape index (κ3) is 14.5. The second kappa shape index (κ2) is 21.3. The maximum absolute atomic E-state index is 12.3. The minimum atomic E-state index is -4.25. The Balaban J connectivity index is 1.79. The summed E-state index contributed by atoms with van der Waals surface area (Å²) in [4.78, 5) is 0.110. The van der Waals surface area contributed by atoms with Gasteiger partial charge in [-0.25, -0.2) is 0 Å². The van der Waals surface area contributed by atoms with E-state index in [0.29, 0.717) is 6.42 Å². The van der Waals surface area contributed by atoms with Crippen molar-refractivity contribution < 1.29 is 13.0 Å². The summed E-state index contributed by atoms with van der Waals surface area (Å²) in [6, 6.07) is 10.0. The zero-order chi connectivity index (χ0) is 28.9. The van der Waals surface area contributed by atoms with Gasteiger partial charge in [-0.05, 0) is 59.7 Å². The van der Waals surface area contributed by atoms with Crippen LogP contribution in [0.4, 0.5) is 0 Å². The topological polar surface area (TPSA) is 54.4 Å². The van der Waals surface area contributed by atoms with E-state index in [9.17, 15) is 13.0 Å². The van der Waals surface area contributed by atoms with Crippen LogP contribution in [0.1, 0.15) is 166 Å². The lowest BCUT2D eigenvalue weighted by Gasteiger charge is -2.13. The van der Waals surface area contributed by atoms with Gasteiger partial charge in [0.05, 0.1) is 4.90 Å². The zero-order valence-electron chi connectivity index (χ0n) is 26.0. The lowest BCUT2D eigenvalue weighted by molar-refractivity contribution is 0.481. The number of aryl methyl sites for hydroxylation is 2. The Morgan fingerprint density at radius 2 is 0.925 bits per heavy atom. The summed E-state index contributed by atoms with van der Waals surface area (Å²) in [6.07, 6.45) is 30.1. The van der Waals surface area contributed by atoms with E-state index in [1.807, 2.05) is 6.07 Å². The quantitative estimate of drug-likeness (QED) is 0.0950. The standard InChI is InChI=1S/C36H60O3S/c1-3-5-7-9-11-13-15-17-19-21-23-26-32-28-25-29-33-30-34(36(31-35(32)33)40(37,38)39)27-24-22-20-18-16-14-12-10-8-6-4-2/h25,28-31H,3-24,26-27H2,1-2H3,(H,37,38,39). The van der Waals surface area contributed by atoms with Crippen molar-refractivity contribution in [2.45, 2.75) is 173 Å². The van der Waals surface area contributed by atoms with Crippen LogP contribution in [0.15, 0.2) is 35.2 Å². The second-order valence-electron chi connectivity index (χ2n) is 12.1. The number of hydrogen-bond acceptors (Lipinski definition) is 2. The van der Waals surface area contributed by atoms with Crippen LogP contribution >= 0.6 is 0 Å². The average molecular weight is 573 g/mol. The molecule has 3 nitrogen and oxygen atoms in total. The first kappa shape index (κ1) is 34.8. The van der Waals surface area contributed by atoms with Crippen LogP contribution in [0.25, 0.3) is 10.8 Å². The van der Waals surface area contributed by atoms with E-state index in [1.54, 1.807) is 6.07 Å². The minimum absolute atomic E-state index is 0.110. The summed E-state index contributed by atoms with van der Waals surface area (Å²) in [5.74, 6) is 0. The third-order valence-electron chi connectivity index (χ3n) is 8.53. The van der Waals surface area contributed by atoms with Crippen molar-refractivity contribution in [3.63, 3.8) is 0 Å². The maximum atomic E-state index is 12.3. The number of rotatable bonds is 25. The van der Waals surface area contributed by atoms with Gasteiger partial charge in [-0.15, -0.1) is 0 Å². The van der Waals surface area contributed by atoms with Gasteiger partial charge in [0.15, 0.2) is 0 Å².